The molecule has 4 aromatic rings. The Morgan fingerprint density at radius 3 is 2.44 bits per heavy atom. The first kappa shape index (κ1) is 29.5. The number of phenols is 1. The Morgan fingerprint density at radius 2 is 1.72 bits per heavy atom. The lowest BCUT2D eigenvalue weighted by molar-refractivity contribution is -0.134. The number of amides is 3. The van der Waals surface area contributed by atoms with Crippen molar-refractivity contribution in [2.45, 2.75) is 6.54 Å². The van der Waals surface area contributed by atoms with Gasteiger partial charge in [-0.2, -0.15) is 0 Å². The summed E-state index contributed by atoms with van der Waals surface area (Å²) in [6, 6.07) is 17.4. The van der Waals surface area contributed by atoms with E-state index in [0.29, 0.717) is 42.3 Å². The zero-order chi connectivity index (χ0) is 30.5. The second kappa shape index (κ2) is 12.9. The molecule has 3 amide bonds. The summed E-state index contributed by atoms with van der Waals surface area (Å²) < 4.78 is 1.61. The van der Waals surface area contributed by atoms with Crippen molar-refractivity contribution in [3.05, 3.63) is 106 Å². The summed E-state index contributed by atoms with van der Waals surface area (Å²) in [6.07, 6.45) is 3.10. The zero-order valence-corrected chi connectivity index (χ0v) is 24.0. The Morgan fingerprint density at radius 1 is 0.930 bits per heavy atom. The highest BCUT2D eigenvalue weighted by atomic mass is 35.5. The van der Waals surface area contributed by atoms with Crippen molar-refractivity contribution in [1.82, 2.24) is 19.4 Å². The number of aromatic hydroxyl groups is 1. The highest BCUT2D eigenvalue weighted by Crippen LogP contribution is 2.29. The predicted molar refractivity (Wildman–Crippen MR) is 163 cm³/mol. The molecule has 2 aromatic carbocycles. The fourth-order valence-electron chi connectivity index (χ4n) is 4.66. The van der Waals surface area contributed by atoms with E-state index >= 15 is 0 Å². The van der Waals surface area contributed by atoms with Crippen LogP contribution in [0.15, 0.2) is 83.9 Å². The number of halogens is 1. The predicted octanol–water partition coefficient (Wildman–Crippen LogP) is 3.55. The topological polar surface area (TPSA) is 137 Å². The molecule has 0 atom stereocenters. The number of pyridine rings is 2. The van der Waals surface area contributed by atoms with Gasteiger partial charge in [-0.1, -0.05) is 29.8 Å². The maximum Gasteiger partial charge on any atom is 0.259 e. The molecule has 1 aliphatic rings. The lowest BCUT2D eigenvalue weighted by Crippen LogP contribution is -2.49. The largest absolute Gasteiger partial charge is 0.506 e. The number of hydrogen-bond donors (Lipinski definition) is 3. The third-order valence-corrected chi connectivity index (χ3v) is 7.39. The molecule has 0 bridgehead atoms. The van der Waals surface area contributed by atoms with Gasteiger partial charge in [0.05, 0.1) is 22.8 Å². The van der Waals surface area contributed by atoms with Crippen LogP contribution in [0.2, 0.25) is 5.02 Å². The molecule has 2 aromatic heterocycles. The molecule has 0 saturated carbocycles. The molecule has 0 spiro atoms. The molecular formula is C31H29ClN6O5. The normalized spacial score (nSPS) is 13.5. The maximum atomic E-state index is 13.2. The number of carbonyl (C=O) groups is 3. The fourth-order valence-corrected chi connectivity index (χ4v) is 4.77. The van der Waals surface area contributed by atoms with E-state index < -0.39 is 11.8 Å². The molecule has 5 rings (SSSR count). The molecule has 3 heterocycles. The molecule has 1 saturated heterocycles. The molecule has 1 aliphatic heterocycles. The summed E-state index contributed by atoms with van der Waals surface area (Å²) in [4.78, 5) is 59.0. The van der Waals surface area contributed by atoms with Crippen molar-refractivity contribution in [2.75, 3.05) is 43.9 Å². The Balaban J connectivity index is 1.28. The summed E-state index contributed by atoms with van der Waals surface area (Å²) in [5.41, 5.74) is 1.15. The van der Waals surface area contributed by atoms with Gasteiger partial charge in [0, 0.05) is 56.7 Å². The highest BCUT2D eigenvalue weighted by molar-refractivity contribution is 6.30. The summed E-state index contributed by atoms with van der Waals surface area (Å²) >= 11 is 5.85. The van der Waals surface area contributed by atoms with Gasteiger partial charge in [-0.15, -0.1) is 0 Å². The summed E-state index contributed by atoms with van der Waals surface area (Å²) in [7, 11) is 1.78. The summed E-state index contributed by atoms with van der Waals surface area (Å²) in [6.45, 7) is 2.76. The van der Waals surface area contributed by atoms with Crippen molar-refractivity contribution < 1.29 is 19.5 Å². The number of anilines is 2. The monoisotopic (exact) mass is 600 g/mol. The standard InChI is InChI=1S/C31H29ClN6O5/c1-36-14-15-37(19-27(36)40)16-17-38-13-3-5-23(31(38)43)20-7-9-21(10-8-20)29(41)35-28-24(4-2-6-25(28)39)30(42)34-26-12-11-22(32)18-33-26/h2-13,18,39H,14-17,19H2,1H3,(H,35,41)(H,33,34,42). The number of para-hydroxylation sites is 1. The minimum Gasteiger partial charge on any atom is -0.506 e. The molecule has 1 fully saturated rings. The Hall–Kier alpha value is -5.00. The van der Waals surface area contributed by atoms with Crippen LogP contribution in [0.5, 0.6) is 5.75 Å². The molecule has 11 nitrogen and oxygen atoms in total. The number of carbonyl (C=O) groups excluding carboxylic acids is 3. The van der Waals surface area contributed by atoms with Gasteiger partial charge >= 0.3 is 0 Å². The quantitative estimate of drug-likeness (QED) is 0.263. The van der Waals surface area contributed by atoms with Gasteiger partial charge in [0.15, 0.2) is 0 Å². The molecule has 43 heavy (non-hydrogen) atoms. The number of nitrogens with zero attached hydrogens (tertiary/aromatic N) is 4. The summed E-state index contributed by atoms with van der Waals surface area (Å²) in [5.74, 6) is -1.11. The van der Waals surface area contributed by atoms with Crippen LogP contribution in [0.3, 0.4) is 0 Å². The van der Waals surface area contributed by atoms with Crippen LogP contribution in [0.4, 0.5) is 11.5 Å². The average Bonchev–Trinajstić information content (AvgIpc) is 3.00. The van der Waals surface area contributed by atoms with Crippen LogP contribution >= 0.6 is 11.6 Å². The van der Waals surface area contributed by atoms with Gasteiger partial charge < -0.3 is 25.2 Å². The SMILES string of the molecule is CN1CCN(CCn2cccc(-c3ccc(C(=O)Nc4c(O)cccc4C(=O)Nc4ccc(Cl)cn4)cc3)c2=O)CC1=O. The third kappa shape index (κ3) is 6.91. The lowest BCUT2D eigenvalue weighted by atomic mass is 10.0. The van der Waals surface area contributed by atoms with Crippen LogP contribution in [-0.4, -0.2) is 75.4 Å². The maximum absolute atomic E-state index is 13.2. The van der Waals surface area contributed by atoms with Gasteiger partial charge in [0.25, 0.3) is 17.4 Å². The number of rotatable bonds is 8. The van der Waals surface area contributed by atoms with Crippen LogP contribution < -0.4 is 16.2 Å². The van der Waals surface area contributed by atoms with E-state index in [0.717, 1.165) is 6.54 Å². The van der Waals surface area contributed by atoms with Crippen molar-refractivity contribution in [3.8, 4) is 16.9 Å². The van der Waals surface area contributed by atoms with Crippen LogP contribution in [0.1, 0.15) is 20.7 Å². The summed E-state index contributed by atoms with van der Waals surface area (Å²) in [5, 5.41) is 16.1. The van der Waals surface area contributed by atoms with E-state index in [1.54, 1.807) is 65.2 Å². The minimum atomic E-state index is -0.587. The van der Waals surface area contributed by atoms with Gasteiger partial charge in [0.1, 0.15) is 11.6 Å². The van der Waals surface area contributed by atoms with E-state index in [1.165, 1.54) is 30.5 Å². The van der Waals surface area contributed by atoms with E-state index in [2.05, 4.69) is 15.6 Å². The smallest absolute Gasteiger partial charge is 0.259 e. The van der Waals surface area contributed by atoms with Crippen LogP contribution in [-0.2, 0) is 11.3 Å². The Bertz CT molecular complexity index is 1720. The van der Waals surface area contributed by atoms with E-state index in [1.807, 2.05) is 4.90 Å². The van der Waals surface area contributed by atoms with Gasteiger partial charge in [-0.3, -0.25) is 24.1 Å². The van der Waals surface area contributed by atoms with Crippen molar-refractivity contribution in [1.29, 1.82) is 0 Å². The number of phenolic OH excluding ortho intramolecular Hbond substituents is 1. The first-order chi connectivity index (χ1) is 20.7. The molecule has 3 N–H and O–H groups in total. The average molecular weight is 601 g/mol. The second-order valence-corrected chi connectivity index (χ2v) is 10.5. The number of benzene rings is 2. The minimum absolute atomic E-state index is 0.0347. The molecule has 0 aliphatic carbocycles. The van der Waals surface area contributed by atoms with Gasteiger partial charge in [-0.25, -0.2) is 4.98 Å². The lowest BCUT2D eigenvalue weighted by Gasteiger charge is -2.31. The van der Waals surface area contributed by atoms with Gasteiger partial charge in [0.2, 0.25) is 5.91 Å². The third-order valence-electron chi connectivity index (χ3n) is 7.17. The van der Waals surface area contributed by atoms with E-state index in [4.69, 9.17) is 11.6 Å². The van der Waals surface area contributed by atoms with Crippen LogP contribution in [0, 0.1) is 0 Å². The number of likely N-dealkylation sites (N-methyl/N-ethyl adjacent to an activating group) is 1. The second-order valence-electron chi connectivity index (χ2n) is 10.1. The Kier molecular flexibility index (Phi) is 8.84. The fraction of sp³-hybridized carbons (Fsp3) is 0.194. The molecule has 0 unspecified atom stereocenters. The van der Waals surface area contributed by atoms with Crippen molar-refractivity contribution in [2.24, 2.45) is 0 Å². The number of hydrogen-bond acceptors (Lipinski definition) is 7. The zero-order valence-electron chi connectivity index (χ0n) is 23.3. The first-order valence-corrected chi connectivity index (χ1v) is 13.9. The molecule has 220 valence electrons. The number of nitrogens with one attached hydrogen (secondary N) is 2. The number of aromatic nitrogens is 2. The van der Waals surface area contributed by atoms with Gasteiger partial charge in [-0.05, 0) is 54.1 Å². The number of piperazine rings is 1. The van der Waals surface area contributed by atoms with Crippen LogP contribution in [0.25, 0.3) is 11.1 Å². The molecule has 12 heteroatoms. The molecular weight excluding hydrogens is 572 g/mol. The Labute approximate surface area is 252 Å². The van der Waals surface area contributed by atoms with E-state index in [9.17, 15) is 24.3 Å². The highest BCUT2D eigenvalue weighted by Gasteiger charge is 2.21. The van der Waals surface area contributed by atoms with Crippen molar-refractivity contribution >= 4 is 40.8 Å². The van der Waals surface area contributed by atoms with E-state index in [-0.39, 0.29) is 39.8 Å². The first-order valence-electron chi connectivity index (χ1n) is 13.5. The van der Waals surface area contributed by atoms with Crippen molar-refractivity contribution in [3.63, 3.8) is 0 Å². The molecule has 0 radical (unpaired) electrons.